The third-order valence-electron chi connectivity index (χ3n) is 5.25. The van der Waals surface area contributed by atoms with Gasteiger partial charge in [0.2, 0.25) is 11.5 Å². The van der Waals surface area contributed by atoms with E-state index in [0.717, 1.165) is 0 Å². The molecule has 7 heteroatoms. The van der Waals surface area contributed by atoms with Gasteiger partial charge >= 0.3 is 5.97 Å². The molecule has 1 heterocycles. The van der Waals surface area contributed by atoms with E-state index >= 15 is 0 Å². The molecular formula is C25H22O7. The predicted molar refractivity (Wildman–Crippen MR) is 116 cm³/mol. The van der Waals surface area contributed by atoms with E-state index < -0.39 is 24.3 Å². The molecule has 32 heavy (non-hydrogen) atoms. The van der Waals surface area contributed by atoms with Gasteiger partial charge in [0.25, 0.3) is 0 Å². The number of esters is 1. The van der Waals surface area contributed by atoms with Crippen molar-refractivity contribution in [2.24, 2.45) is 0 Å². The van der Waals surface area contributed by atoms with Crippen molar-refractivity contribution in [1.29, 1.82) is 0 Å². The molecule has 3 aromatic rings. The van der Waals surface area contributed by atoms with E-state index in [1.807, 2.05) is 36.4 Å². The molecule has 1 aliphatic heterocycles. The molecule has 0 saturated heterocycles. The van der Waals surface area contributed by atoms with Crippen LogP contribution in [-0.4, -0.2) is 39.7 Å². The number of carbonyl (C=O) groups excluding carboxylic acids is 2. The lowest BCUT2D eigenvalue weighted by atomic mass is 9.88. The van der Waals surface area contributed by atoms with Gasteiger partial charge in [0, 0.05) is 16.7 Å². The molecular weight excluding hydrogens is 412 g/mol. The van der Waals surface area contributed by atoms with Gasteiger partial charge in [0.15, 0.2) is 18.1 Å². The quantitative estimate of drug-likeness (QED) is 0.403. The smallest absolute Gasteiger partial charge is 0.318 e. The SMILES string of the molecule is COc1cc(C(=O)COC(=O)C2c3ccccc3Oc3ccccc32)cc(OC)c1OC. The first-order valence-electron chi connectivity index (χ1n) is 9.93. The van der Waals surface area contributed by atoms with Gasteiger partial charge in [-0.25, -0.2) is 0 Å². The Bertz CT molecular complexity index is 1100. The fourth-order valence-corrected chi connectivity index (χ4v) is 3.71. The first-order chi connectivity index (χ1) is 15.6. The van der Waals surface area contributed by atoms with Crippen molar-refractivity contribution in [2.45, 2.75) is 5.92 Å². The average molecular weight is 434 g/mol. The van der Waals surface area contributed by atoms with Gasteiger partial charge in [0.05, 0.1) is 21.3 Å². The van der Waals surface area contributed by atoms with E-state index in [1.54, 1.807) is 12.1 Å². The summed E-state index contributed by atoms with van der Waals surface area (Å²) in [6, 6.07) is 17.6. The Morgan fingerprint density at radius 2 is 1.34 bits per heavy atom. The zero-order valence-corrected chi connectivity index (χ0v) is 17.9. The van der Waals surface area contributed by atoms with E-state index in [9.17, 15) is 9.59 Å². The second-order valence-electron chi connectivity index (χ2n) is 7.06. The summed E-state index contributed by atoms with van der Waals surface area (Å²) >= 11 is 0. The van der Waals surface area contributed by atoms with Gasteiger partial charge < -0.3 is 23.7 Å². The second kappa shape index (κ2) is 9.01. The highest BCUT2D eigenvalue weighted by molar-refractivity contribution is 5.99. The fraction of sp³-hybridized carbons (Fsp3) is 0.200. The Balaban J connectivity index is 1.57. The van der Waals surface area contributed by atoms with Crippen LogP contribution in [0, 0.1) is 0 Å². The largest absolute Gasteiger partial charge is 0.493 e. The number of Topliss-reactive ketones (excluding diaryl/α,β-unsaturated/α-hetero) is 1. The molecule has 0 aromatic heterocycles. The van der Waals surface area contributed by atoms with Crippen molar-refractivity contribution < 1.29 is 33.3 Å². The number of carbonyl (C=O) groups is 2. The molecule has 0 aliphatic carbocycles. The Morgan fingerprint density at radius 1 is 0.812 bits per heavy atom. The maximum absolute atomic E-state index is 13.1. The summed E-state index contributed by atoms with van der Waals surface area (Å²) in [4.78, 5) is 25.9. The highest BCUT2D eigenvalue weighted by Crippen LogP contribution is 2.44. The molecule has 164 valence electrons. The minimum Gasteiger partial charge on any atom is -0.493 e. The van der Waals surface area contributed by atoms with Crippen LogP contribution in [0.5, 0.6) is 28.7 Å². The summed E-state index contributed by atoms with van der Waals surface area (Å²) in [6.45, 7) is -0.431. The number of methoxy groups -OCH3 is 3. The van der Waals surface area contributed by atoms with Gasteiger partial charge in [-0.2, -0.15) is 0 Å². The predicted octanol–water partition coefficient (Wildman–Crippen LogP) is 4.38. The van der Waals surface area contributed by atoms with Crippen LogP contribution in [0.1, 0.15) is 27.4 Å². The number of para-hydroxylation sites is 2. The standard InChI is InChI=1S/C25H22O7/c1-28-21-12-15(13-22(29-2)24(21)30-3)18(26)14-31-25(27)23-16-8-4-6-10-19(16)32-20-11-7-5-9-17(20)23/h4-13,23H,14H2,1-3H3. The van der Waals surface area contributed by atoms with Crippen molar-refractivity contribution in [3.63, 3.8) is 0 Å². The lowest BCUT2D eigenvalue weighted by Gasteiger charge is -2.26. The Kier molecular flexibility index (Phi) is 5.98. The Morgan fingerprint density at radius 3 is 1.84 bits per heavy atom. The molecule has 1 aliphatic rings. The Labute approximate surface area is 185 Å². The molecule has 0 saturated carbocycles. The lowest BCUT2D eigenvalue weighted by molar-refractivity contribution is -0.143. The van der Waals surface area contributed by atoms with Crippen molar-refractivity contribution in [2.75, 3.05) is 27.9 Å². The molecule has 3 aromatic carbocycles. The van der Waals surface area contributed by atoms with Crippen LogP contribution in [0.15, 0.2) is 60.7 Å². The van der Waals surface area contributed by atoms with Gasteiger partial charge in [-0.1, -0.05) is 36.4 Å². The second-order valence-corrected chi connectivity index (χ2v) is 7.06. The van der Waals surface area contributed by atoms with E-state index in [0.29, 0.717) is 39.9 Å². The summed E-state index contributed by atoms with van der Waals surface area (Å²) in [5.41, 5.74) is 1.66. The first-order valence-corrected chi connectivity index (χ1v) is 9.93. The monoisotopic (exact) mass is 434 g/mol. The number of hydrogen-bond acceptors (Lipinski definition) is 7. The summed E-state index contributed by atoms with van der Waals surface area (Å²) in [5.74, 6) is 0.610. The van der Waals surface area contributed by atoms with E-state index in [-0.39, 0.29) is 5.56 Å². The van der Waals surface area contributed by atoms with E-state index in [4.69, 9.17) is 23.7 Å². The van der Waals surface area contributed by atoms with Crippen molar-refractivity contribution in [1.82, 2.24) is 0 Å². The normalized spacial score (nSPS) is 12.1. The highest BCUT2D eigenvalue weighted by Gasteiger charge is 2.34. The van der Waals surface area contributed by atoms with E-state index in [2.05, 4.69) is 0 Å². The molecule has 0 N–H and O–H groups in total. The molecule has 4 rings (SSSR count). The molecule has 0 amide bonds. The van der Waals surface area contributed by atoms with Crippen LogP contribution in [0.2, 0.25) is 0 Å². The zero-order chi connectivity index (χ0) is 22.7. The average Bonchev–Trinajstić information content (AvgIpc) is 2.84. The number of ketones is 1. The minimum absolute atomic E-state index is 0.278. The maximum Gasteiger partial charge on any atom is 0.318 e. The van der Waals surface area contributed by atoms with Gasteiger partial charge in [0.1, 0.15) is 17.4 Å². The van der Waals surface area contributed by atoms with Crippen LogP contribution in [-0.2, 0) is 9.53 Å². The van der Waals surface area contributed by atoms with Crippen LogP contribution in [0.4, 0.5) is 0 Å². The molecule has 0 atom stereocenters. The number of fused-ring (bicyclic) bond motifs is 2. The fourth-order valence-electron chi connectivity index (χ4n) is 3.71. The molecule has 0 spiro atoms. The topological polar surface area (TPSA) is 80.3 Å². The third kappa shape index (κ3) is 3.85. The highest BCUT2D eigenvalue weighted by atomic mass is 16.5. The van der Waals surface area contributed by atoms with Crippen molar-refractivity contribution >= 4 is 11.8 Å². The first kappa shape index (κ1) is 21.2. The summed E-state index contributed by atoms with van der Waals surface area (Å²) in [5, 5.41) is 0. The molecule has 0 fully saturated rings. The number of ether oxygens (including phenoxy) is 5. The number of benzene rings is 3. The zero-order valence-electron chi connectivity index (χ0n) is 17.9. The maximum atomic E-state index is 13.1. The van der Waals surface area contributed by atoms with Gasteiger partial charge in [-0.3, -0.25) is 9.59 Å². The van der Waals surface area contributed by atoms with Crippen LogP contribution < -0.4 is 18.9 Å². The van der Waals surface area contributed by atoms with Crippen LogP contribution in [0.3, 0.4) is 0 Å². The van der Waals surface area contributed by atoms with Crippen molar-refractivity contribution in [3.8, 4) is 28.7 Å². The number of hydrogen-bond donors (Lipinski definition) is 0. The van der Waals surface area contributed by atoms with Crippen LogP contribution >= 0.6 is 0 Å². The molecule has 7 nitrogen and oxygen atoms in total. The third-order valence-corrected chi connectivity index (χ3v) is 5.25. The Hall–Kier alpha value is -4.00. The van der Waals surface area contributed by atoms with Gasteiger partial charge in [-0.15, -0.1) is 0 Å². The summed E-state index contributed by atoms with van der Waals surface area (Å²) < 4.78 is 27.2. The summed E-state index contributed by atoms with van der Waals surface area (Å²) in [7, 11) is 4.41. The van der Waals surface area contributed by atoms with Crippen molar-refractivity contribution in [3.05, 3.63) is 77.4 Å². The van der Waals surface area contributed by atoms with Crippen LogP contribution in [0.25, 0.3) is 0 Å². The minimum atomic E-state index is -0.691. The molecule has 0 unspecified atom stereocenters. The summed E-state index contributed by atoms with van der Waals surface area (Å²) in [6.07, 6.45) is 0. The molecule has 0 radical (unpaired) electrons. The number of rotatable bonds is 7. The van der Waals surface area contributed by atoms with Gasteiger partial charge in [-0.05, 0) is 24.3 Å². The lowest BCUT2D eigenvalue weighted by Crippen LogP contribution is -2.23. The molecule has 0 bridgehead atoms. The van der Waals surface area contributed by atoms with E-state index in [1.165, 1.54) is 33.5 Å².